The Balaban J connectivity index is 2.41. The molecule has 0 saturated heterocycles. The van der Waals surface area contributed by atoms with Crippen LogP contribution in [-0.2, 0) is 0 Å². The van der Waals surface area contributed by atoms with Gasteiger partial charge in [0, 0.05) is 17.2 Å². The Hall–Kier alpha value is -1.81. The van der Waals surface area contributed by atoms with Crippen molar-refractivity contribution in [1.29, 1.82) is 0 Å². The van der Waals surface area contributed by atoms with Gasteiger partial charge in [-0.15, -0.1) is 0 Å². The Bertz CT molecular complexity index is 625. The van der Waals surface area contributed by atoms with Gasteiger partial charge in [0.25, 0.3) is 0 Å². The zero-order valence-electron chi connectivity index (χ0n) is 12.1. The summed E-state index contributed by atoms with van der Waals surface area (Å²) >= 11 is 0. The van der Waals surface area contributed by atoms with Crippen molar-refractivity contribution in [2.24, 2.45) is 0 Å². The van der Waals surface area contributed by atoms with Gasteiger partial charge in [-0.1, -0.05) is 13.0 Å². The highest BCUT2D eigenvalue weighted by Gasteiger charge is 2.14. The second-order valence-corrected chi connectivity index (χ2v) is 5.04. The molecule has 0 fully saturated rings. The van der Waals surface area contributed by atoms with Gasteiger partial charge in [-0.2, -0.15) is 0 Å². The highest BCUT2D eigenvalue weighted by Crippen LogP contribution is 2.29. The van der Waals surface area contributed by atoms with Crippen LogP contribution >= 0.6 is 0 Å². The van der Waals surface area contributed by atoms with Gasteiger partial charge < -0.3 is 5.32 Å². The summed E-state index contributed by atoms with van der Waals surface area (Å²) in [6.45, 7) is 4.84. The van der Waals surface area contributed by atoms with Crippen LogP contribution in [0.1, 0.15) is 31.9 Å². The molecule has 1 unspecified atom stereocenters. The van der Waals surface area contributed by atoms with Crippen LogP contribution in [0.25, 0.3) is 11.1 Å². The number of hydrogen-bond donors (Lipinski definition) is 1. The molecule has 0 aliphatic heterocycles. The Labute approximate surface area is 122 Å². The summed E-state index contributed by atoms with van der Waals surface area (Å²) in [4.78, 5) is 0. The average Bonchev–Trinajstić information content (AvgIpc) is 2.48. The van der Waals surface area contributed by atoms with Crippen LogP contribution in [0.15, 0.2) is 36.4 Å². The van der Waals surface area contributed by atoms with E-state index < -0.39 is 17.5 Å². The van der Waals surface area contributed by atoms with Crippen molar-refractivity contribution in [3.63, 3.8) is 0 Å². The maximum atomic E-state index is 14.0. The number of hydrogen-bond acceptors (Lipinski definition) is 1. The van der Waals surface area contributed by atoms with Gasteiger partial charge in [0.2, 0.25) is 0 Å². The molecule has 0 bridgehead atoms. The van der Waals surface area contributed by atoms with Gasteiger partial charge in [-0.3, -0.25) is 0 Å². The third-order valence-electron chi connectivity index (χ3n) is 3.41. The van der Waals surface area contributed by atoms with Crippen molar-refractivity contribution in [3.8, 4) is 11.1 Å². The van der Waals surface area contributed by atoms with E-state index in [2.05, 4.69) is 12.2 Å². The Morgan fingerprint density at radius 3 is 2.24 bits per heavy atom. The van der Waals surface area contributed by atoms with Crippen LogP contribution in [0.5, 0.6) is 0 Å². The highest BCUT2D eigenvalue weighted by atomic mass is 19.1. The summed E-state index contributed by atoms with van der Waals surface area (Å²) in [6.07, 6.45) is 0.983. The minimum atomic E-state index is -0.637. The first-order chi connectivity index (χ1) is 10.0. The lowest BCUT2D eigenvalue weighted by Crippen LogP contribution is -2.19. The van der Waals surface area contributed by atoms with E-state index >= 15 is 0 Å². The quantitative estimate of drug-likeness (QED) is 0.832. The molecule has 2 aromatic carbocycles. The monoisotopic (exact) mass is 293 g/mol. The van der Waals surface area contributed by atoms with Crippen molar-refractivity contribution in [1.82, 2.24) is 5.32 Å². The molecule has 0 saturated carbocycles. The molecule has 1 nitrogen and oxygen atoms in total. The summed E-state index contributed by atoms with van der Waals surface area (Å²) in [6, 6.07) is 7.58. The standard InChI is InChI=1S/C17H18F3N/c1-3-8-21-11(2)12-4-6-16(19)14(9-12)15-10-13(18)5-7-17(15)20/h4-7,9-11,21H,3,8H2,1-2H3. The van der Waals surface area contributed by atoms with E-state index in [-0.39, 0.29) is 17.2 Å². The summed E-state index contributed by atoms with van der Waals surface area (Å²) in [5, 5.41) is 3.28. The van der Waals surface area contributed by atoms with E-state index in [1.807, 2.05) is 6.92 Å². The van der Waals surface area contributed by atoms with E-state index in [9.17, 15) is 13.2 Å². The molecule has 112 valence electrons. The Morgan fingerprint density at radius 1 is 0.952 bits per heavy atom. The van der Waals surface area contributed by atoms with Gasteiger partial charge in [0.1, 0.15) is 17.5 Å². The van der Waals surface area contributed by atoms with E-state index in [1.165, 1.54) is 6.07 Å². The minimum Gasteiger partial charge on any atom is -0.310 e. The lowest BCUT2D eigenvalue weighted by atomic mass is 9.99. The highest BCUT2D eigenvalue weighted by molar-refractivity contribution is 5.66. The third kappa shape index (κ3) is 3.64. The lowest BCUT2D eigenvalue weighted by molar-refractivity contribution is 0.567. The first-order valence-corrected chi connectivity index (χ1v) is 7.01. The number of nitrogens with one attached hydrogen (secondary N) is 1. The van der Waals surface area contributed by atoms with Gasteiger partial charge in [0.05, 0.1) is 0 Å². The summed E-state index contributed by atoms with van der Waals surface area (Å²) in [5.74, 6) is -1.79. The topological polar surface area (TPSA) is 12.0 Å². The largest absolute Gasteiger partial charge is 0.310 e. The molecule has 0 spiro atoms. The molecule has 2 rings (SSSR count). The molecular weight excluding hydrogens is 275 g/mol. The van der Waals surface area contributed by atoms with Crippen molar-refractivity contribution < 1.29 is 13.2 Å². The second-order valence-electron chi connectivity index (χ2n) is 5.04. The Kier molecular flexibility index (Phi) is 5.02. The molecule has 0 aliphatic carbocycles. The molecule has 0 heterocycles. The predicted molar refractivity (Wildman–Crippen MR) is 78.5 cm³/mol. The van der Waals surface area contributed by atoms with Gasteiger partial charge in [-0.25, -0.2) is 13.2 Å². The molecule has 1 N–H and O–H groups in total. The lowest BCUT2D eigenvalue weighted by Gasteiger charge is -2.15. The molecule has 0 aliphatic rings. The van der Waals surface area contributed by atoms with Crippen LogP contribution in [0.4, 0.5) is 13.2 Å². The average molecular weight is 293 g/mol. The fraction of sp³-hybridized carbons (Fsp3) is 0.294. The van der Waals surface area contributed by atoms with E-state index in [0.717, 1.165) is 36.7 Å². The van der Waals surface area contributed by atoms with Crippen molar-refractivity contribution in [2.75, 3.05) is 6.54 Å². The molecule has 1 atom stereocenters. The van der Waals surface area contributed by atoms with Crippen molar-refractivity contribution in [3.05, 3.63) is 59.4 Å². The zero-order chi connectivity index (χ0) is 15.4. The summed E-state index contributed by atoms with van der Waals surface area (Å²) in [5.41, 5.74) is 0.857. The second kappa shape index (κ2) is 6.76. The van der Waals surface area contributed by atoms with Crippen molar-refractivity contribution >= 4 is 0 Å². The SMILES string of the molecule is CCCNC(C)c1ccc(F)c(-c2cc(F)ccc2F)c1. The molecule has 0 aromatic heterocycles. The number of rotatable bonds is 5. The van der Waals surface area contributed by atoms with Gasteiger partial charge in [-0.05, 0) is 55.8 Å². The van der Waals surface area contributed by atoms with Crippen LogP contribution in [0.3, 0.4) is 0 Å². The molecule has 2 aromatic rings. The maximum Gasteiger partial charge on any atom is 0.131 e. The van der Waals surface area contributed by atoms with E-state index in [1.54, 1.807) is 12.1 Å². The predicted octanol–water partition coefficient (Wildman–Crippen LogP) is 4.83. The third-order valence-corrected chi connectivity index (χ3v) is 3.41. The smallest absolute Gasteiger partial charge is 0.131 e. The summed E-state index contributed by atoms with van der Waals surface area (Å²) in [7, 11) is 0. The first kappa shape index (κ1) is 15.6. The number of benzene rings is 2. The first-order valence-electron chi connectivity index (χ1n) is 7.01. The molecule has 4 heteroatoms. The molecule has 21 heavy (non-hydrogen) atoms. The van der Waals surface area contributed by atoms with Crippen LogP contribution < -0.4 is 5.32 Å². The van der Waals surface area contributed by atoms with Crippen molar-refractivity contribution in [2.45, 2.75) is 26.3 Å². The molecule has 0 amide bonds. The van der Waals surface area contributed by atoms with E-state index in [4.69, 9.17) is 0 Å². The van der Waals surface area contributed by atoms with Crippen LogP contribution in [0.2, 0.25) is 0 Å². The van der Waals surface area contributed by atoms with Gasteiger partial charge >= 0.3 is 0 Å². The fourth-order valence-corrected chi connectivity index (χ4v) is 2.20. The van der Waals surface area contributed by atoms with Crippen LogP contribution in [-0.4, -0.2) is 6.54 Å². The normalized spacial score (nSPS) is 12.4. The van der Waals surface area contributed by atoms with E-state index in [0.29, 0.717) is 0 Å². The molecular formula is C17H18F3N. The Morgan fingerprint density at radius 2 is 1.57 bits per heavy atom. The fourth-order valence-electron chi connectivity index (χ4n) is 2.20. The minimum absolute atomic E-state index is 0.0147. The molecule has 0 radical (unpaired) electrons. The maximum absolute atomic E-state index is 14.0. The number of halogens is 3. The summed E-state index contributed by atoms with van der Waals surface area (Å²) < 4.78 is 41.1. The van der Waals surface area contributed by atoms with Crippen LogP contribution in [0, 0.1) is 17.5 Å². The zero-order valence-corrected chi connectivity index (χ0v) is 12.1. The van der Waals surface area contributed by atoms with Gasteiger partial charge in [0.15, 0.2) is 0 Å².